The van der Waals surface area contributed by atoms with E-state index in [1.54, 1.807) is 5.57 Å². The Bertz CT molecular complexity index is 2010. The molecule has 3 unspecified atom stereocenters. The standard InChI is InChI=1S/C45H45N/c1-27-24-37-28(16-20-32(27)30-17-21-35-33-10-6-8-12-38(33)44(2,3)40(35)25-30)14-15-29-19-23-42(46-43(29)37)31-18-22-36-34-11-7-9-13-39(34)45(4,5)41(36)26-31/h6-8,10-12,17-22,24-28,42H,9,13-16,23H2,1-5H3. The molecule has 1 saturated carbocycles. The van der Waals surface area contributed by atoms with E-state index in [1.165, 1.54) is 85.4 Å². The average molecular weight is 600 g/mol. The van der Waals surface area contributed by atoms with Crippen molar-refractivity contribution < 1.29 is 0 Å². The maximum absolute atomic E-state index is 5.61. The lowest BCUT2D eigenvalue weighted by molar-refractivity contribution is 0.562. The first-order chi connectivity index (χ1) is 22.2. The Labute approximate surface area is 275 Å². The number of aliphatic imine (C=N–C) groups is 1. The molecule has 3 aromatic carbocycles. The first-order valence-corrected chi connectivity index (χ1v) is 17.7. The Balaban J connectivity index is 1.04. The second kappa shape index (κ2) is 10.0. The maximum Gasteiger partial charge on any atom is 0.0791 e. The minimum absolute atomic E-state index is 0.0211. The molecule has 3 atom stereocenters. The van der Waals surface area contributed by atoms with Gasteiger partial charge in [0.15, 0.2) is 0 Å². The molecule has 1 nitrogen and oxygen atoms in total. The van der Waals surface area contributed by atoms with Crippen molar-refractivity contribution in [3.05, 3.63) is 141 Å². The number of rotatable bonds is 2. The summed E-state index contributed by atoms with van der Waals surface area (Å²) >= 11 is 0. The van der Waals surface area contributed by atoms with Crippen LogP contribution in [0.1, 0.15) is 113 Å². The van der Waals surface area contributed by atoms with Crippen LogP contribution in [0.2, 0.25) is 0 Å². The molecule has 6 aliphatic rings. The summed E-state index contributed by atoms with van der Waals surface area (Å²) < 4.78 is 0. The van der Waals surface area contributed by atoms with E-state index in [4.69, 9.17) is 4.99 Å². The number of dihydropyridines is 1. The Kier molecular flexibility index (Phi) is 6.15. The third-order valence-electron chi connectivity index (χ3n) is 12.4. The fraction of sp³-hybridized carbons (Fsp3) is 0.356. The summed E-state index contributed by atoms with van der Waals surface area (Å²) in [7, 11) is 0. The highest BCUT2D eigenvalue weighted by Gasteiger charge is 2.39. The lowest BCUT2D eigenvalue weighted by Crippen LogP contribution is -2.25. The smallest absolute Gasteiger partial charge is 0.0791 e. The number of hydrogen-bond donors (Lipinski definition) is 0. The average Bonchev–Trinajstić information content (AvgIpc) is 3.34. The van der Waals surface area contributed by atoms with Crippen molar-refractivity contribution in [3.63, 3.8) is 0 Å². The summed E-state index contributed by atoms with van der Waals surface area (Å²) in [6.07, 6.45) is 19.2. The molecule has 1 heterocycles. The molecule has 9 rings (SSSR count). The van der Waals surface area contributed by atoms with Crippen LogP contribution in [0, 0.1) is 11.8 Å². The molecule has 3 aromatic rings. The fourth-order valence-electron chi connectivity index (χ4n) is 9.80. The van der Waals surface area contributed by atoms with Gasteiger partial charge in [0.05, 0.1) is 11.8 Å². The van der Waals surface area contributed by atoms with E-state index < -0.39 is 0 Å². The monoisotopic (exact) mass is 599 g/mol. The van der Waals surface area contributed by atoms with Gasteiger partial charge in [-0.15, -0.1) is 0 Å². The van der Waals surface area contributed by atoms with Gasteiger partial charge >= 0.3 is 0 Å². The van der Waals surface area contributed by atoms with Crippen molar-refractivity contribution in [1.29, 1.82) is 0 Å². The largest absolute Gasteiger partial charge is 0.276 e. The van der Waals surface area contributed by atoms with E-state index in [0.29, 0.717) is 11.8 Å². The molecular formula is C45H45N. The van der Waals surface area contributed by atoms with Crippen molar-refractivity contribution in [1.82, 2.24) is 0 Å². The summed E-state index contributed by atoms with van der Waals surface area (Å²) in [5.41, 5.74) is 20.4. The van der Waals surface area contributed by atoms with Crippen LogP contribution in [0.4, 0.5) is 0 Å². The molecule has 1 aliphatic heterocycles. The number of benzene rings is 3. The van der Waals surface area contributed by atoms with E-state index in [0.717, 1.165) is 25.7 Å². The second-order valence-corrected chi connectivity index (χ2v) is 15.7. The Morgan fingerprint density at radius 2 is 1.54 bits per heavy atom. The minimum Gasteiger partial charge on any atom is -0.276 e. The van der Waals surface area contributed by atoms with Crippen molar-refractivity contribution in [2.45, 2.75) is 90.0 Å². The Morgan fingerprint density at radius 3 is 2.43 bits per heavy atom. The zero-order valence-electron chi connectivity index (χ0n) is 28.1. The second-order valence-electron chi connectivity index (χ2n) is 15.7. The Hall–Kier alpha value is -3.97. The molecule has 0 aromatic heterocycles. The van der Waals surface area contributed by atoms with Crippen LogP contribution in [-0.2, 0) is 10.8 Å². The van der Waals surface area contributed by atoms with Crippen LogP contribution in [-0.4, -0.2) is 5.71 Å². The first-order valence-electron chi connectivity index (χ1n) is 17.7. The first kappa shape index (κ1) is 28.3. The summed E-state index contributed by atoms with van der Waals surface area (Å²) in [5, 5.41) is 0. The third-order valence-corrected chi connectivity index (χ3v) is 12.4. The number of fused-ring (bicyclic) bond motifs is 8. The van der Waals surface area contributed by atoms with Gasteiger partial charge in [0.1, 0.15) is 0 Å². The zero-order chi connectivity index (χ0) is 31.4. The van der Waals surface area contributed by atoms with Gasteiger partial charge in [0, 0.05) is 10.8 Å². The molecule has 0 amide bonds. The van der Waals surface area contributed by atoms with Crippen LogP contribution < -0.4 is 0 Å². The maximum atomic E-state index is 5.61. The van der Waals surface area contributed by atoms with E-state index in [2.05, 4.69) is 126 Å². The molecule has 1 fully saturated rings. The molecule has 0 bridgehead atoms. The van der Waals surface area contributed by atoms with Crippen molar-refractivity contribution in [2.75, 3.05) is 0 Å². The quantitative estimate of drug-likeness (QED) is 0.278. The van der Waals surface area contributed by atoms with Crippen LogP contribution in [0.25, 0.3) is 22.3 Å². The predicted octanol–water partition coefficient (Wildman–Crippen LogP) is 11.7. The number of allylic oxidation sites excluding steroid dienone is 9. The zero-order valence-corrected chi connectivity index (χ0v) is 28.1. The molecule has 46 heavy (non-hydrogen) atoms. The SMILES string of the molecule is CC1C=C2C3=NC(c4ccc5c(c4)C(C)(C)C4=C5C=CCC4)CC=C3CCC2CC=C1c1ccc2c(c1)C(C)(C)c1ccccc1-2. The predicted molar refractivity (Wildman–Crippen MR) is 194 cm³/mol. The Morgan fingerprint density at radius 1 is 0.739 bits per heavy atom. The highest BCUT2D eigenvalue weighted by Crippen LogP contribution is 2.52. The van der Waals surface area contributed by atoms with Crippen molar-refractivity contribution in [2.24, 2.45) is 16.8 Å². The lowest BCUT2D eigenvalue weighted by atomic mass is 9.75. The topological polar surface area (TPSA) is 12.4 Å². The molecule has 230 valence electrons. The van der Waals surface area contributed by atoms with Crippen LogP contribution >= 0.6 is 0 Å². The van der Waals surface area contributed by atoms with Gasteiger partial charge in [0.2, 0.25) is 0 Å². The van der Waals surface area contributed by atoms with Gasteiger partial charge in [-0.25, -0.2) is 0 Å². The molecule has 0 saturated heterocycles. The molecule has 0 radical (unpaired) electrons. The van der Waals surface area contributed by atoms with Gasteiger partial charge in [0.25, 0.3) is 0 Å². The molecule has 0 spiro atoms. The highest BCUT2D eigenvalue weighted by atomic mass is 14.8. The summed E-state index contributed by atoms with van der Waals surface area (Å²) in [5.74, 6) is 0.894. The highest BCUT2D eigenvalue weighted by molar-refractivity contribution is 6.14. The van der Waals surface area contributed by atoms with Crippen molar-refractivity contribution in [3.8, 4) is 11.1 Å². The van der Waals surface area contributed by atoms with Crippen molar-refractivity contribution >= 4 is 16.9 Å². The number of hydrogen-bond acceptors (Lipinski definition) is 1. The molecule has 1 heteroatoms. The van der Waals surface area contributed by atoms with E-state index in [1.807, 2.05) is 0 Å². The fourth-order valence-corrected chi connectivity index (χ4v) is 9.80. The minimum atomic E-state index is 0.0211. The van der Waals surface area contributed by atoms with Gasteiger partial charge in [-0.1, -0.05) is 125 Å². The summed E-state index contributed by atoms with van der Waals surface area (Å²) in [4.78, 5) is 5.61. The molecular weight excluding hydrogens is 555 g/mol. The van der Waals surface area contributed by atoms with Crippen LogP contribution in [0.5, 0.6) is 0 Å². The van der Waals surface area contributed by atoms with E-state index in [-0.39, 0.29) is 16.9 Å². The lowest BCUT2D eigenvalue weighted by Gasteiger charge is -2.32. The van der Waals surface area contributed by atoms with Gasteiger partial charge in [-0.3, -0.25) is 4.99 Å². The van der Waals surface area contributed by atoms with E-state index in [9.17, 15) is 0 Å². The third kappa shape index (κ3) is 4.03. The van der Waals surface area contributed by atoms with Crippen LogP contribution in [0.15, 0.2) is 113 Å². The normalized spacial score (nSPS) is 26.3. The van der Waals surface area contributed by atoms with E-state index >= 15 is 0 Å². The van der Waals surface area contributed by atoms with Crippen LogP contribution in [0.3, 0.4) is 0 Å². The summed E-state index contributed by atoms with van der Waals surface area (Å²) in [6, 6.07) is 23.7. The molecule has 5 aliphatic carbocycles. The van der Waals surface area contributed by atoms with Gasteiger partial charge in [-0.2, -0.15) is 0 Å². The summed E-state index contributed by atoms with van der Waals surface area (Å²) in [6.45, 7) is 12.0. The van der Waals surface area contributed by atoms with Gasteiger partial charge in [-0.05, 0) is 123 Å². The molecule has 0 N–H and O–H groups in total. The number of nitrogens with zero attached hydrogens (tertiary/aromatic N) is 1. The van der Waals surface area contributed by atoms with Gasteiger partial charge < -0.3 is 0 Å².